The Morgan fingerprint density at radius 2 is 0.619 bits per heavy atom. The van der Waals surface area contributed by atoms with Gasteiger partial charge in [-0.15, -0.1) is 0 Å². The summed E-state index contributed by atoms with van der Waals surface area (Å²) in [6, 6.07) is -1.01. The van der Waals surface area contributed by atoms with Gasteiger partial charge in [0.25, 0.3) is 0 Å². The Hall–Kier alpha value is -3.81. The van der Waals surface area contributed by atoms with E-state index in [1.807, 2.05) is 6.08 Å². The zero-order valence-electron chi connectivity index (χ0n) is 70.3. The van der Waals surface area contributed by atoms with E-state index in [0.717, 1.165) is 103 Å². The number of nitrogens with one attached hydrogen (secondary N) is 1. The average Bonchev–Trinajstić information content (AvgIpc) is 0.779. The maximum Gasteiger partial charge on any atom is 0.220 e. The highest BCUT2D eigenvalue weighted by atomic mass is 16.8. The molecule has 3 heterocycles. The molecule has 0 aromatic carbocycles. The van der Waals surface area contributed by atoms with E-state index in [0.29, 0.717) is 12.8 Å². The Labute approximate surface area is 684 Å². The lowest BCUT2D eigenvalue weighted by Crippen LogP contribution is -2.66. The first-order valence-corrected chi connectivity index (χ1v) is 45.3. The summed E-state index contributed by atoms with van der Waals surface area (Å²) < 4.78 is 34.5. The highest BCUT2D eigenvalue weighted by molar-refractivity contribution is 5.76. The summed E-state index contributed by atoms with van der Waals surface area (Å²) in [7, 11) is 0. The second-order valence-corrected chi connectivity index (χ2v) is 31.7. The highest BCUT2D eigenvalue weighted by Gasteiger charge is 2.54. The summed E-state index contributed by atoms with van der Waals surface area (Å²) in [5.41, 5.74) is 0. The van der Waals surface area contributed by atoms with E-state index in [4.69, 9.17) is 28.4 Å². The van der Waals surface area contributed by atoms with Crippen molar-refractivity contribution >= 4 is 5.91 Å². The SMILES string of the molecule is CC/C=C\C/C=C\C/C=C\C/C=C\C/C=C\C/C=C\C/C=C\CCCCCCCCCCCCCCCCCC(=O)NC(COC1OC(CO)C(OC2OC(CO)C(OC3OC(CO)C(O)C(O)C3O)C(O)C2O)C(O)C1O)C(O)/C=C/CC/C=C/CC/C=C/CCCCCCCCCCCCCCCCCCCCCCC. The van der Waals surface area contributed by atoms with E-state index >= 15 is 0 Å². The van der Waals surface area contributed by atoms with Gasteiger partial charge in [-0.2, -0.15) is 0 Å². The standard InChI is InChI=1S/C94H163NO18/c1-3-5-7-9-11-13-15-17-19-21-23-25-27-29-31-33-35-36-37-38-39-40-42-44-46-48-50-52-54-56-58-60-62-64-66-68-70-72-82(100)95-77(78(99)71-69-67-65-63-61-59-57-55-53-51-49-47-45-43-41-34-32-30-28-26-24-22-20-18-16-14-12-10-8-6-4-2)76-108-92-88(106)85(103)90(80(74-97)110-92)113-94-89(107)86(104)91(81(75-98)111-94)112-93-87(105)84(102)83(101)79(73-96)109-93/h5,7,11,13,17,19,23,25,29,31,35-36,38-39,53,55,61,63,69,71,77-81,83-94,96-99,101-107H,3-4,6,8-10,12,14-16,18,20-22,24,26-28,30,32-34,37,40-52,54,56-60,62,64-68,70,72-76H2,1-2H3,(H,95,100)/b7-5-,13-11-,19-17-,25-23-,31-29-,36-35-,39-38-,55-53+,63-61+,71-69+. The van der Waals surface area contributed by atoms with Gasteiger partial charge in [-0.25, -0.2) is 0 Å². The minimum absolute atomic E-state index is 0.226. The first kappa shape index (κ1) is 103. The summed E-state index contributed by atoms with van der Waals surface area (Å²) in [4.78, 5) is 13.5. The van der Waals surface area contributed by atoms with E-state index in [2.05, 4.69) is 129 Å². The molecule has 3 fully saturated rings. The van der Waals surface area contributed by atoms with Gasteiger partial charge in [0.15, 0.2) is 18.9 Å². The van der Waals surface area contributed by atoms with Crippen LogP contribution in [0.15, 0.2) is 122 Å². The number of aliphatic hydroxyl groups is 11. The summed E-state index contributed by atoms with van der Waals surface area (Å²) in [5, 5.41) is 121. The van der Waals surface area contributed by atoms with Crippen LogP contribution in [0.1, 0.15) is 335 Å². The van der Waals surface area contributed by atoms with Crippen LogP contribution in [0.3, 0.4) is 0 Å². The molecular weight excluding hydrogens is 1430 g/mol. The minimum Gasteiger partial charge on any atom is -0.394 e. The zero-order chi connectivity index (χ0) is 81.7. The summed E-state index contributed by atoms with van der Waals surface area (Å²) in [6.07, 6.45) is 76.3. The van der Waals surface area contributed by atoms with Gasteiger partial charge in [-0.3, -0.25) is 4.79 Å². The van der Waals surface area contributed by atoms with Crippen molar-refractivity contribution in [1.29, 1.82) is 0 Å². The molecule has 0 spiro atoms. The second kappa shape index (κ2) is 72.2. The van der Waals surface area contributed by atoms with Crippen molar-refractivity contribution in [3.8, 4) is 0 Å². The fourth-order valence-electron chi connectivity index (χ4n) is 14.6. The average molecular weight is 1600 g/mol. The third-order valence-corrected chi connectivity index (χ3v) is 21.7. The van der Waals surface area contributed by atoms with Gasteiger partial charge in [-0.1, -0.05) is 347 Å². The number of carbonyl (C=O) groups is 1. The van der Waals surface area contributed by atoms with Crippen molar-refractivity contribution < 1.29 is 89.4 Å². The zero-order valence-corrected chi connectivity index (χ0v) is 70.3. The number of rotatable bonds is 72. The van der Waals surface area contributed by atoms with Gasteiger partial charge in [0, 0.05) is 6.42 Å². The highest BCUT2D eigenvalue weighted by Crippen LogP contribution is 2.33. The Bertz CT molecular complexity index is 2510. The quantitative estimate of drug-likeness (QED) is 0.0199. The van der Waals surface area contributed by atoms with Gasteiger partial charge in [0.05, 0.1) is 38.6 Å². The fourth-order valence-corrected chi connectivity index (χ4v) is 14.6. The number of aliphatic hydroxyl groups excluding tert-OH is 11. The first-order chi connectivity index (χ1) is 55.3. The molecule has 0 saturated carbocycles. The topological polar surface area (TPSA) is 307 Å². The van der Waals surface area contributed by atoms with Crippen LogP contribution in [0.25, 0.3) is 0 Å². The third-order valence-electron chi connectivity index (χ3n) is 21.7. The van der Waals surface area contributed by atoms with Crippen LogP contribution in [0, 0.1) is 0 Å². The molecule has 0 aromatic heterocycles. The maximum atomic E-state index is 13.5. The van der Waals surface area contributed by atoms with E-state index in [9.17, 15) is 61.0 Å². The van der Waals surface area contributed by atoms with Gasteiger partial charge in [0.2, 0.25) is 5.91 Å². The molecule has 1 amide bonds. The Kier molecular flexibility index (Phi) is 66.1. The monoisotopic (exact) mass is 1590 g/mol. The van der Waals surface area contributed by atoms with Crippen LogP contribution in [0.5, 0.6) is 0 Å². The number of carbonyl (C=O) groups excluding carboxylic acids is 1. The molecule has 19 heteroatoms. The lowest BCUT2D eigenvalue weighted by molar-refractivity contribution is -0.379. The van der Waals surface area contributed by atoms with E-state index in [1.165, 1.54) is 199 Å². The van der Waals surface area contributed by atoms with E-state index < -0.39 is 124 Å². The lowest BCUT2D eigenvalue weighted by Gasteiger charge is -2.48. The van der Waals surface area contributed by atoms with Gasteiger partial charge < -0.3 is 89.9 Å². The normalized spacial score (nSPS) is 25.4. The Balaban J connectivity index is 1.34. The second-order valence-electron chi connectivity index (χ2n) is 31.7. The molecule has 0 aliphatic carbocycles. The molecule has 3 saturated heterocycles. The number of allylic oxidation sites excluding steroid dienone is 19. The van der Waals surface area contributed by atoms with Crippen LogP contribution in [0.2, 0.25) is 0 Å². The molecule has 0 aromatic rings. The van der Waals surface area contributed by atoms with Crippen LogP contribution in [-0.4, -0.2) is 193 Å². The molecular formula is C94H163NO18. The summed E-state index contributed by atoms with van der Waals surface area (Å²) in [6.45, 7) is 1.63. The summed E-state index contributed by atoms with van der Waals surface area (Å²) in [5.74, 6) is -0.290. The molecule has 17 unspecified atom stereocenters. The number of hydrogen-bond donors (Lipinski definition) is 12. The van der Waals surface area contributed by atoms with Crippen molar-refractivity contribution in [2.45, 2.75) is 439 Å². The van der Waals surface area contributed by atoms with Crippen LogP contribution >= 0.6 is 0 Å². The minimum atomic E-state index is -1.99. The maximum absolute atomic E-state index is 13.5. The third kappa shape index (κ3) is 50.7. The van der Waals surface area contributed by atoms with Gasteiger partial charge in [-0.05, 0) is 103 Å². The molecule has 652 valence electrons. The first-order valence-electron chi connectivity index (χ1n) is 45.3. The lowest BCUT2D eigenvalue weighted by atomic mass is 9.96. The van der Waals surface area contributed by atoms with Crippen molar-refractivity contribution in [2.75, 3.05) is 26.4 Å². The predicted octanol–water partition coefficient (Wildman–Crippen LogP) is 17.4. The molecule has 3 aliphatic rings. The number of unbranched alkanes of at least 4 members (excludes halogenated alkanes) is 38. The van der Waals surface area contributed by atoms with Crippen molar-refractivity contribution in [3.05, 3.63) is 122 Å². The van der Waals surface area contributed by atoms with Crippen LogP contribution < -0.4 is 5.32 Å². The van der Waals surface area contributed by atoms with Gasteiger partial charge in [0.1, 0.15) is 73.2 Å². The molecule has 3 rings (SSSR count). The number of hydrogen-bond acceptors (Lipinski definition) is 18. The molecule has 19 nitrogen and oxygen atoms in total. The molecule has 113 heavy (non-hydrogen) atoms. The number of amides is 1. The van der Waals surface area contributed by atoms with Crippen LogP contribution in [-0.2, 0) is 33.2 Å². The molecule has 0 bridgehead atoms. The molecule has 12 N–H and O–H groups in total. The smallest absolute Gasteiger partial charge is 0.220 e. The largest absolute Gasteiger partial charge is 0.394 e. The Morgan fingerprint density at radius 1 is 0.327 bits per heavy atom. The molecule has 3 aliphatic heterocycles. The van der Waals surface area contributed by atoms with Gasteiger partial charge >= 0.3 is 0 Å². The molecule has 0 radical (unpaired) electrons. The predicted molar refractivity (Wildman–Crippen MR) is 457 cm³/mol. The van der Waals surface area contributed by atoms with Crippen molar-refractivity contribution in [2.24, 2.45) is 0 Å². The van der Waals surface area contributed by atoms with E-state index in [1.54, 1.807) is 6.08 Å². The van der Waals surface area contributed by atoms with Crippen LogP contribution in [0.4, 0.5) is 0 Å². The summed E-state index contributed by atoms with van der Waals surface area (Å²) >= 11 is 0. The van der Waals surface area contributed by atoms with E-state index in [-0.39, 0.29) is 18.9 Å². The Morgan fingerprint density at radius 3 is 0.991 bits per heavy atom. The number of ether oxygens (including phenoxy) is 6. The fraction of sp³-hybridized carbons (Fsp3) is 0.777. The van der Waals surface area contributed by atoms with Crippen molar-refractivity contribution in [3.63, 3.8) is 0 Å². The molecule has 17 atom stereocenters. The van der Waals surface area contributed by atoms with Crippen molar-refractivity contribution in [1.82, 2.24) is 5.32 Å².